The fourth-order valence-electron chi connectivity index (χ4n) is 4.64. The van der Waals surface area contributed by atoms with Crippen molar-refractivity contribution < 1.29 is 0 Å². The molecule has 0 N–H and O–H groups in total. The van der Waals surface area contributed by atoms with Crippen molar-refractivity contribution in [2.45, 2.75) is 0 Å². The standard InChI is InChI=1S/C31H22NPSe/c34-33(27-12-2-1-3-13-27,31-16-8-11-24-9-4-6-14-29(24)31)28-19-17-23(18-20-28)26-21-25-10-5-7-15-30(25)32-22-26/h1-22H. The summed E-state index contributed by atoms with van der Waals surface area (Å²) in [5.41, 5.74) is 1.38. The Morgan fingerprint density at radius 1 is 0.529 bits per heavy atom. The van der Waals surface area contributed by atoms with Crippen LogP contribution in [0.1, 0.15) is 0 Å². The minimum atomic E-state index is -1.96. The van der Waals surface area contributed by atoms with Crippen molar-refractivity contribution in [2.24, 2.45) is 0 Å². The van der Waals surface area contributed by atoms with Gasteiger partial charge in [-0.25, -0.2) is 0 Å². The van der Waals surface area contributed by atoms with Gasteiger partial charge in [-0.1, -0.05) is 0 Å². The molecule has 0 bridgehead atoms. The van der Waals surface area contributed by atoms with E-state index in [2.05, 4.69) is 141 Å². The van der Waals surface area contributed by atoms with Gasteiger partial charge in [0.2, 0.25) is 0 Å². The van der Waals surface area contributed by atoms with Gasteiger partial charge in [0, 0.05) is 0 Å². The molecule has 1 unspecified atom stereocenters. The van der Waals surface area contributed by atoms with Crippen LogP contribution in [0.5, 0.6) is 0 Å². The molecule has 0 saturated heterocycles. The number of rotatable bonds is 4. The molecule has 1 aromatic heterocycles. The molecule has 6 rings (SSSR count). The van der Waals surface area contributed by atoms with Gasteiger partial charge >= 0.3 is 208 Å². The zero-order valence-electron chi connectivity index (χ0n) is 18.5. The van der Waals surface area contributed by atoms with E-state index in [-0.39, 0.29) is 0 Å². The van der Waals surface area contributed by atoms with Gasteiger partial charge in [-0.2, -0.15) is 0 Å². The Balaban J connectivity index is 1.52. The second-order valence-corrected chi connectivity index (χ2v) is 14.6. The number of nitrogens with zero attached hydrogens (tertiary/aromatic N) is 1. The molecule has 5 aromatic carbocycles. The summed E-state index contributed by atoms with van der Waals surface area (Å²) in [6.07, 6.45) is 1.97. The number of pyridine rings is 1. The molecule has 0 aliphatic heterocycles. The molecule has 1 heterocycles. The number of hydrogen-bond acceptors (Lipinski definition) is 1. The van der Waals surface area contributed by atoms with Crippen LogP contribution in [0.3, 0.4) is 0 Å². The molecule has 0 aliphatic rings. The topological polar surface area (TPSA) is 12.9 Å². The number of hydrogen-bond donors (Lipinski definition) is 0. The van der Waals surface area contributed by atoms with Crippen molar-refractivity contribution in [1.29, 1.82) is 0 Å². The summed E-state index contributed by atoms with van der Waals surface area (Å²) in [4.78, 5) is 4.66. The average molecular weight is 518 g/mol. The third-order valence-electron chi connectivity index (χ3n) is 6.38. The molecular weight excluding hydrogens is 496 g/mol. The predicted molar refractivity (Wildman–Crippen MR) is 149 cm³/mol. The Kier molecular flexibility index (Phi) is 5.52. The van der Waals surface area contributed by atoms with Crippen LogP contribution in [-0.4, -0.2) is 20.1 Å². The van der Waals surface area contributed by atoms with E-state index in [1.165, 1.54) is 32.2 Å². The molecule has 0 aliphatic carbocycles. The number of para-hydroxylation sites is 1. The summed E-state index contributed by atoms with van der Waals surface area (Å²) < 4.78 is 0. The van der Waals surface area contributed by atoms with Crippen LogP contribution in [0.25, 0.3) is 32.8 Å². The van der Waals surface area contributed by atoms with Crippen molar-refractivity contribution in [3.8, 4) is 11.1 Å². The number of benzene rings is 5. The van der Waals surface area contributed by atoms with Gasteiger partial charge in [0.25, 0.3) is 0 Å². The Hall–Kier alpha value is -3.28. The molecular formula is C31H22NPSe. The van der Waals surface area contributed by atoms with Crippen molar-refractivity contribution in [2.75, 3.05) is 0 Å². The van der Waals surface area contributed by atoms with Crippen LogP contribution in [0.2, 0.25) is 0 Å². The second kappa shape index (κ2) is 8.82. The second-order valence-electron chi connectivity index (χ2n) is 8.41. The van der Waals surface area contributed by atoms with Gasteiger partial charge in [-0.15, -0.1) is 0 Å². The fourth-order valence-corrected chi connectivity index (χ4v) is 10.0. The van der Waals surface area contributed by atoms with E-state index in [0.717, 1.165) is 16.5 Å². The molecule has 0 fully saturated rings. The molecule has 3 heteroatoms. The van der Waals surface area contributed by atoms with Crippen LogP contribution in [0, 0.1) is 0 Å². The zero-order chi connectivity index (χ0) is 23.0. The first-order chi connectivity index (χ1) is 16.7. The average Bonchev–Trinajstić information content (AvgIpc) is 2.92. The summed E-state index contributed by atoms with van der Waals surface area (Å²) in [7, 11) is 0. The molecule has 0 spiro atoms. The molecule has 1 nitrogen and oxygen atoms in total. The fraction of sp³-hybridized carbons (Fsp3) is 0. The summed E-state index contributed by atoms with van der Waals surface area (Å²) in [5, 5.41) is 7.78. The van der Waals surface area contributed by atoms with E-state index >= 15 is 0 Å². The maximum absolute atomic E-state index is 4.66. The maximum atomic E-state index is 4.66. The SMILES string of the molecule is [Se]=P(c1ccccc1)(c1ccc(-c2cnc3ccccc3c2)cc1)c1cccc2ccccc12. The molecule has 0 radical (unpaired) electrons. The third-order valence-corrected chi connectivity index (χ3v) is 13.4. The van der Waals surface area contributed by atoms with Gasteiger partial charge in [0.05, 0.1) is 0 Å². The summed E-state index contributed by atoms with van der Waals surface area (Å²) in [6, 6.07) is 45.8. The van der Waals surface area contributed by atoms with Crippen LogP contribution >= 0.6 is 5.51 Å². The van der Waals surface area contributed by atoms with Crippen LogP contribution in [-0.2, 0) is 0 Å². The monoisotopic (exact) mass is 519 g/mol. The first-order valence-electron chi connectivity index (χ1n) is 11.3. The van der Waals surface area contributed by atoms with Crippen molar-refractivity contribution in [3.63, 3.8) is 0 Å². The number of fused-ring (bicyclic) bond motifs is 2. The summed E-state index contributed by atoms with van der Waals surface area (Å²) in [5.74, 6) is 0. The van der Waals surface area contributed by atoms with Crippen molar-refractivity contribution >= 4 is 58.2 Å². The van der Waals surface area contributed by atoms with Crippen LogP contribution < -0.4 is 15.9 Å². The zero-order valence-corrected chi connectivity index (χ0v) is 21.1. The Morgan fingerprint density at radius 2 is 1.18 bits per heavy atom. The Labute approximate surface area is 207 Å². The molecule has 0 saturated carbocycles. The van der Waals surface area contributed by atoms with Gasteiger partial charge < -0.3 is 0 Å². The normalized spacial score (nSPS) is 13.1. The van der Waals surface area contributed by atoms with E-state index in [9.17, 15) is 0 Å². The summed E-state index contributed by atoms with van der Waals surface area (Å²) in [6.45, 7) is 0. The van der Waals surface area contributed by atoms with Crippen molar-refractivity contribution in [1.82, 2.24) is 4.98 Å². The van der Waals surface area contributed by atoms with Gasteiger partial charge in [-0.3, -0.25) is 0 Å². The predicted octanol–water partition coefficient (Wildman–Crippen LogP) is 6.43. The molecule has 162 valence electrons. The van der Waals surface area contributed by atoms with Gasteiger partial charge in [0.1, 0.15) is 0 Å². The molecule has 0 amide bonds. The third kappa shape index (κ3) is 3.65. The van der Waals surface area contributed by atoms with E-state index in [0.29, 0.717) is 0 Å². The van der Waals surface area contributed by atoms with Crippen LogP contribution in [0.15, 0.2) is 134 Å². The molecule has 1 atom stereocenters. The van der Waals surface area contributed by atoms with E-state index in [4.69, 9.17) is 0 Å². The quantitative estimate of drug-likeness (QED) is 0.194. The van der Waals surface area contributed by atoms with Crippen LogP contribution in [0.4, 0.5) is 0 Å². The summed E-state index contributed by atoms with van der Waals surface area (Å²) >= 11 is 3.71. The van der Waals surface area contributed by atoms with E-state index in [1.807, 2.05) is 12.3 Å². The van der Waals surface area contributed by atoms with Crippen molar-refractivity contribution in [3.05, 3.63) is 134 Å². The molecule has 34 heavy (non-hydrogen) atoms. The Morgan fingerprint density at radius 3 is 2.00 bits per heavy atom. The minimum absolute atomic E-state index is 1.02. The van der Waals surface area contributed by atoms with Gasteiger partial charge in [-0.05, 0) is 0 Å². The molecule has 6 aromatic rings. The van der Waals surface area contributed by atoms with E-state index in [1.54, 1.807) is 0 Å². The number of aromatic nitrogens is 1. The van der Waals surface area contributed by atoms with Gasteiger partial charge in [0.15, 0.2) is 0 Å². The first-order valence-corrected chi connectivity index (χ1v) is 15.3. The Bertz CT molecular complexity index is 1670. The van der Waals surface area contributed by atoms with E-state index < -0.39 is 5.51 Å². The first kappa shape index (κ1) is 21.3.